The van der Waals surface area contributed by atoms with E-state index in [1.54, 1.807) is 44.2 Å². The molecule has 0 saturated carbocycles. The van der Waals surface area contributed by atoms with Crippen molar-refractivity contribution in [3.63, 3.8) is 0 Å². The van der Waals surface area contributed by atoms with Gasteiger partial charge in [0.2, 0.25) is 5.91 Å². The van der Waals surface area contributed by atoms with Crippen LogP contribution in [0.25, 0.3) is 0 Å². The number of nitrogens with zero attached hydrogens (tertiary/aromatic N) is 1. The number of halogens is 1. The highest BCUT2D eigenvalue weighted by molar-refractivity contribution is 7.99. The molecule has 0 spiro atoms. The summed E-state index contributed by atoms with van der Waals surface area (Å²) in [4.78, 5) is 12.9. The van der Waals surface area contributed by atoms with Crippen LogP contribution in [0.3, 0.4) is 0 Å². The average Bonchev–Trinajstić information content (AvgIpc) is 2.63. The lowest BCUT2D eigenvalue weighted by Crippen LogP contribution is -2.17. The lowest BCUT2D eigenvalue weighted by atomic mass is 10.2. The molecule has 0 aliphatic carbocycles. The molecule has 0 unspecified atom stereocenters. The number of thioether (sulfide) groups is 1. The van der Waals surface area contributed by atoms with Crippen molar-refractivity contribution in [3.8, 4) is 11.5 Å². The van der Waals surface area contributed by atoms with E-state index in [9.17, 15) is 4.79 Å². The molecular formula is C18H19ClN2O3S. The topological polar surface area (TPSA) is 59.9 Å². The molecule has 0 aromatic heterocycles. The smallest absolute Gasteiger partial charge is 0.240 e. The lowest BCUT2D eigenvalue weighted by molar-refractivity contribution is -0.120. The van der Waals surface area contributed by atoms with E-state index >= 15 is 0 Å². The number of nitrogens with one attached hydrogen (secondary N) is 1. The van der Waals surface area contributed by atoms with Crippen LogP contribution in [0.2, 0.25) is 5.02 Å². The van der Waals surface area contributed by atoms with Crippen LogP contribution in [-0.2, 0) is 4.79 Å². The highest BCUT2D eigenvalue weighted by Gasteiger charge is 2.04. The molecule has 2 aromatic carbocycles. The van der Waals surface area contributed by atoms with Crippen molar-refractivity contribution in [2.24, 2.45) is 5.10 Å². The van der Waals surface area contributed by atoms with Gasteiger partial charge in [-0.25, -0.2) is 5.43 Å². The number of methoxy groups -OCH3 is 2. The summed E-state index contributed by atoms with van der Waals surface area (Å²) in [6, 6.07) is 12.9. The van der Waals surface area contributed by atoms with Gasteiger partial charge in [0, 0.05) is 27.7 Å². The Morgan fingerprint density at radius 2 is 1.96 bits per heavy atom. The van der Waals surface area contributed by atoms with Crippen molar-refractivity contribution in [2.75, 3.05) is 20.0 Å². The summed E-state index contributed by atoms with van der Waals surface area (Å²) < 4.78 is 10.4. The van der Waals surface area contributed by atoms with E-state index in [2.05, 4.69) is 10.5 Å². The van der Waals surface area contributed by atoms with E-state index in [-0.39, 0.29) is 5.91 Å². The number of carbonyl (C=O) groups is 1. The Bertz CT molecular complexity index is 736. The Kier molecular flexibility index (Phi) is 7.63. The fourth-order valence-corrected chi connectivity index (χ4v) is 2.94. The lowest BCUT2D eigenvalue weighted by Gasteiger charge is -2.06. The van der Waals surface area contributed by atoms with Gasteiger partial charge in [-0.1, -0.05) is 11.6 Å². The molecular weight excluding hydrogens is 360 g/mol. The number of amides is 1. The third-order valence-corrected chi connectivity index (χ3v) is 4.51. The van der Waals surface area contributed by atoms with Crippen LogP contribution < -0.4 is 14.9 Å². The van der Waals surface area contributed by atoms with E-state index < -0.39 is 0 Å². The zero-order valence-electron chi connectivity index (χ0n) is 14.0. The van der Waals surface area contributed by atoms with Gasteiger partial charge in [-0.05, 0) is 42.5 Å². The van der Waals surface area contributed by atoms with Gasteiger partial charge in [-0.15, -0.1) is 11.8 Å². The van der Waals surface area contributed by atoms with Crippen molar-refractivity contribution in [3.05, 3.63) is 53.1 Å². The van der Waals surface area contributed by atoms with Crippen LogP contribution in [0.15, 0.2) is 52.5 Å². The zero-order valence-corrected chi connectivity index (χ0v) is 15.6. The number of rotatable bonds is 8. The minimum absolute atomic E-state index is 0.153. The van der Waals surface area contributed by atoms with Crippen LogP contribution >= 0.6 is 23.4 Å². The molecule has 0 radical (unpaired) electrons. The summed E-state index contributed by atoms with van der Waals surface area (Å²) in [6.07, 6.45) is 1.89. The molecule has 0 heterocycles. The standard InChI is InChI=1S/C18H19ClN2O3S/c1-23-15-5-8-17(24-2)13(11-15)12-20-21-18(22)9-10-25-16-6-3-14(19)4-7-16/h3-8,11-12H,9-10H2,1-2H3,(H,21,22). The van der Waals surface area contributed by atoms with Gasteiger partial charge in [0.05, 0.1) is 20.4 Å². The summed E-state index contributed by atoms with van der Waals surface area (Å²) in [5, 5.41) is 4.67. The highest BCUT2D eigenvalue weighted by atomic mass is 35.5. The molecule has 7 heteroatoms. The molecule has 1 amide bonds. The minimum Gasteiger partial charge on any atom is -0.497 e. The van der Waals surface area contributed by atoms with Gasteiger partial charge < -0.3 is 9.47 Å². The fraction of sp³-hybridized carbons (Fsp3) is 0.222. The molecule has 0 bridgehead atoms. The van der Waals surface area contributed by atoms with Gasteiger partial charge >= 0.3 is 0 Å². The fourth-order valence-electron chi connectivity index (χ4n) is 1.96. The first-order chi connectivity index (χ1) is 12.1. The number of hydrogen-bond donors (Lipinski definition) is 1. The second-order valence-electron chi connectivity index (χ2n) is 4.95. The second kappa shape index (κ2) is 9.96. The van der Waals surface area contributed by atoms with Crippen molar-refractivity contribution in [1.29, 1.82) is 0 Å². The Morgan fingerprint density at radius 1 is 1.20 bits per heavy atom. The summed E-state index contributed by atoms with van der Waals surface area (Å²) in [5.41, 5.74) is 3.24. The first kappa shape index (κ1) is 19.1. The largest absolute Gasteiger partial charge is 0.497 e. The predicted molar refractivity (Wildman–Crippen MR) is 102 cm³/mol. The molecule has 5 nitrogen and oxygen atoms in total. The zero-order chi connectivity index (χ0) is 18.1. The first-order valence-electron chi connectivity index (χ1n) is 7.54. The molecule has 2 aromatic rings. The highest BCUT2D eigenvalue weighted by Crippen LogP contribution is 2.22. The van der Waals surface area contributed by atoms with E-state index in [1.165, 1.54) is 6.21 Å². The molecule has 0 aliphatic heterocycles. The number of ether oxygens (including phenoxy) is 2. The molecule has 0 fully saturated rings. The Balaban J connectivity index is 1.81. The van der Waals surface area contributed by atoms with Crippen molar-refractivity contribution < 1.29 is 14.3 Å². The van der Waals surface area contributed by atoms with Crippen LogP contribution in [0, 0.1) is 0 Å². The van der Waals surface area contributed by atoms with Gasteiger partial charge in [-0.2, -0.15) is 5.10 Å². The summed E-state index contributed by atoms with van der Waals surface area (Å²) in [7, 11) is 3.16. The van der Waals surface area contributed by atoms with Gasteiger partial charge in [0.15, 0.2) is 0 Å². The maximum absolute atomic E-state index is 11.8. The molecule has 2 rings (SSSR count). The Hall–Kier alpha value is -2.18. The van der Waals surface area contributed by atoms with E-state index in [0.717, 1.165) is 10.5 Å². The van der Waals surface area contributed by atoms with Gasteiger partial charge in [-0.3, -0.25) is 4.79 Å². The summed E-state index contributed by atoms with van der Waals surface area (Å²) >= 11 is 7.43. The van der Waals surface area contributed by atoms with E-state index in [0.29, 0.717) is 28.7 Å². The summed E-state index contributed by atoms with van der Waals surface area (Å²) in [6.45, 7) is 0. The quantitative estimate of drug-likeness (QED) is 0.428. The van der Waals surface area contributed by atoms with Crippen molar-refractivity contribution >= 4 is 35.5 Å². The number of hydrazone groups is 1. The molecule has 0 saturated heterocycles. The SMILES string of the molecule is COc1ccc(OC)c(C=NNC(=O)CCSc2ccc(Cl)cc2)c1. The summed E-state index contributed by atoms with van der Waals surface area (Å²) in [5.74, 6) is 1.84. The van der Waals surface area contributed by atoms with Crippen molar-refractivity contribution in [2.45, 2.75) is 11.3 Å². The molecule has 1 N–H and O–H groups in total. The third-order valence-electron chi connectivity index (χ3n) is 3.24. The maximum Gasteiger partial charge on any atom is 0.240 e. The van der Waals surface area contributed by atoms with Crippen LogP contribution in [-0.4, -0.2) is 32.1 Å². The average molecular weight is 379 g/mol. The van der Waals surface area contributed by atoms with E-state index in [1.807, 2.05) is 24.3 Å². The molecule has 132 valence electrons. The second-order valence-corrected chi connectivity index (χ2v) is 6.56. The number of carbonyl (C=O) groups excluding carboxylic acids is 1. The third kappa shape index (κ3) is 6.32. The van der Waals surface area contributed by atoms with Crippen molar-refractivity contribution in [1.82, 2.24) is 5.43 Å². The Labute approximate surface area is 156 Å². The Morgan fingerprint density at radius 3 is 2.64 bits per heavy atom. The maximum atomic E-state index is 11.8. The number of hydrogen-bond acceptors (Lipinski definition) is 5. The molecule has 0 aliphatic rings. The monoisotopic (exact) mass is 378 g/mol. The van der Waals surface area contributed by atoms with Crippen LogP contribution in [0.5, 0.6) is 11.5 Å². The predicted octanol–water partition coefficient (Wildman–Crippen LogP) is 3.99. The van der Waals surface area contributed by atoms with Gasteiger partial charge in [0.25, 0.3) is 0 Å². The minimum atomic E-state index is -0.153. The molecule has 0 atom stereocenters. The number of benzene rings is 2. The normalized spacial score (nSPS) is 10.7. The van der Waals surface area contributed by atoms with Crippen LogP contribution in [0.1, 0.15) is 12.0 Å². The first-order valence-corrected chi connectivity index (χ1v) is 8.91. The van der Waals surface area contributed by atoms with Crippen LogP contribution in [0.4, 0.5) is 0 Å². The van der Waals surface area contributed by atoms with E-state index in [4.69, 9.17) is 21.1 Å². The molecule has 25 heavy (non-hydrogen) atoms. The van der Waals surface area contributed by atoms with Gasteiger partial charge in [0.1, 0.15) is 11.5 Å².